The van der Waals surface area contributed by atoms with Gasteiger partial charge in [-0.1, -0.05) is 19.3 Å². The number of piperidine rings is 1. The molecular formula is C22H32N4O5S. The Labute approximate surface area is 189 Å². The summed E-state index contributed by atoms with van der Waals surface area (Å²) >= 11 is 0. The molecule has 0 spiro atoms. The molecule has 2 aliphatic heterocycles. The van der Waals surface area contributed by atoms with Crippen molar-refractivity contribution in [2.75, 3.05) is 36.1 Å². The highest BCUT2D eigenvalue weighted by Crippen LogP contribution is 2.29. The van der Waals surface area contributed by atoms with Gasteiger partial charge in [-0.2, -0.15) is 0 Å². The Kier molecular flexibility index (Phi) is 7.27. The number of rotatable bonds is 6. The maximum Gasteiger partial charge on any atom is 0.309 e. The van der Waals surface area contributed by atoms with Crippen molar-refractivity contribution in [3.63, 3.8) is 0 Å². The van der Waals surface area contributed by atoms with Crippen LogP contribution in [-0.4, -0.2) is 78.4 Å². The summed E-state index contributed by atoms with van der Waals surface area (Å²) in [6.07, 6.45) is 10.1. The summed E-state index contributed by atoms with van der Waals surface area (Å²) in [4.78, 5) is 38.0. The number of esters is 1. The molecule has 4 rings (SSSR count). The molecule has 3 aliphatic rings. The van der Waals surface area contributed by atoms with E-state index in [2.05, 4.69) is 9.97 Å². The Morgan fingerprint density at radius 3 is 2.31 bits per heavy atom. The van der Waals surface area contributed by atoms with Gasteiger partial charge in [-0.25, -0.2) is 18.4 Å². The Hall–Kier alpha value is -2.23. The Morgan fingerprint density at radius 2 is 1.69 bits per heavy atom. The van der Waals surface area contributed by atoms with Crippen LogP contribution in [0.1, 0.15) is 51.4 Å². The largest absolute Gasteiger partial charge is 0.455 e. The molecule has 0 aromatic carbocycles. The molecule has 1 saturated carbocycles. The second kappa shape index (κ2) is 10.1. The van der Waals surface area contributed by atoms with Gasteiger partial charge in [0, 0.05) is 37.6 Å². The first-order valence-electron chi connectivity index (χ1n) is 11.6. The fourth-order valence-corrected chi connectivity index (χ4v) is 6.87. The summed E-state index contributed by atoms with van der Waals surface area (Å²) in [6, 6.07) is 1.51. The zero-order chi connectivity index (χ0) is 22.6. The van der Waals surface area contributed by atoms with Gasteiger partial charge in [-0.3, -0.25) is 9.59 Å². The number of ether oxygens (including phenoxy) is 1. The van der Waals surface area contributed by atoms with E-state index < -0.39 is 9.84 Å². The number of hydrogen-bond acceptors (Lipinski definition) is 8. The minimum Gasteiger partial charge on any atom is -0.455 e. The number of sulfone groups is 1. The zero-order valence-electron chi connectivity index (χ0n) is 18.4. The summed E-state index contributed by atoms with van der Waals surface area (Å²) in [5.41, 5.74) is 0. The van der Waals surface area contributed by atoms with Gasteiger partial charge in [-0.05, 0) is 38.2 Å². The first-order valence-corrected chi connectivity index (χ1v) is 13.5. The Balaban J connectivity index is 1.31. The average Bonchev–Trinajstić information content (AvgIpc) is 3.18. The highest BCUT2D eigenvalue weighted by atomic mass is 32.2. The van der Waals surface area contributed by atoms with E-state index in [0.717, 1.165) is 32.1 Å². The summed E-state index contributed by atoms with van der Waals surface area (Å²) in [5.74, 6) is -0.0695. The molecule has 9 nitrogen and oxygen atoms in total. The number of anilines is 1. The predicted octanol–water partition coefficient (Wildman–Crippen LogP) is 1.58. The normalized spacial score (nSPS) is 24.2. The molecule has 2 saturated heterocycles. The van der Waals surface area contributed by atoms with Crippen LogP contribution in [0.3, 0.4) is 0 Å². The van der Waals surface area contributed by atoms with Crippen molar-refractivity contribution in [2.24, 2.45) is 5.92 Å². The van der Waals surface area contributed by atoms with Crippen LogP contribution in [0, 0.1) is 5.92 Å². The van der Waals surface area contributed by atoms with Crippen molar-refractivity contribution in [3.8, 4) is 0 Å². The van der Waals surface area contributed by atoms with E-state index in [1.165, 1.54) is 0 Å². The molecule has 176 valence electrons. The minimum atomic E-state index is -3.11. The lowest BCUT2D eigenvalue weighted by Gasteiger charge is -2.38. The number of carbonyl (C=O) groups excluding carboxylic acids is 2. The lowest BCUT2D eigenvalue weighted by molar-refractivity contribution is -0.158. The monoisotopic (exact) mass is 464 g/mol. The molecule has 1 unspecified atom stereocenters. The molecule has 3 heterocycles. The quantitative estimate of drug-likeness (QED) is 0.584. The minimum absolute atomic E-state index is 0.0171. The van der Waals surface area contributed by atoms with Gasteiger partial charge in [0.25, 0.3) is 5.91 Å². The number of carbonyl (C=O) groups is 2. The van der Waals surface area contributed by atoms with E-state index in [-0.39, 0.29) is 48.0 Å². The molecule has 0 radical (unpaired) electrons. The van der Waals surface area contributed by atoms with Crippen molar-refractivity contribution >= 4 is 27.7 Å². The van der Waals surface area contributed by atoms with Gasteiger partial charge in [-0.15, -0.1) is 0 Å². The smallest absolute Gasteiger partial charge is 0.309 e. The average molecular weight is 465 g/mol. The van der Waals surface area contributed by atoms with Gasteiger partial charge in [0.15, 0.2) is 16.4 Å². The van der Waals surface area contributed by atoms with E-state index in [0.29, 0.717) is 38.3 Å². The van der Waals surface area contributed by atoms with Crippen LogP contribution < -0.4 is 4.90 Å². The zero-order valence-corrected chi connectivity index (χ0v) is 19.2. The van der Waals surface area contributed by atoms with Gasteiger partial charge < -0.3 is 14.5 Å². The van der Waals surface area contributed by atoms with E-state index in [9.17, 15) is 18.0 Å². The second-order valence-corrected chi connectivity index (χ2v) is 11.3. The topological polar surface area (TPSA) is 110 Å². The van der Waals surface area contributed by atoms with Crippen LogP contribution in [0.4, 0.5) is 5.95 Å². The van der Waals surface area contributed by atoms with Gasteiger partial charge in [0.2, 0.25) is 5.95 Å². The maximum absolute atomic E-state index is 13.1. The predicted molar refractivity (Wildman–Crippen MR) is 119 cm³/mol. The molecule has 1 aromatic rings. The first kappa shape index (κ1) is 22.9. The number of hydrogen-bond donors (Lipinski definition) is 0. The molecule has 1 aliphatic carbocycles. The lowest BCUT2D eigenvalue weighted by atomic mass is 9.93. The van der Waals surface area contributed by atoms with Crippen LogP contribution in [-0.2, 0) is 24.2 Å². The first-order chi connectivity index (χ1) is 15.4. The molecule has 10 heteroatoms. The molecule has 1 aromatic heterocycles. The summed E-state index contributed by atoms with van der Waals surface area (Å²) in [6.45, 7) is 1.01. The lowest BCUT2D eigenvalue weighted by Crippen LogP contribution is -2.50. The third-order valence-electron chi connectivity index (χ3n) is 6.86. The fraction of sp³-hybridized carbons (Fsp3) is 0.727. The fourth-order valence-electron chi connectivity index (χ4n) is 5.15. The number of nitrogens with zero attached hydrogens (tertiary/aromatic N) is 4. The molecule has 0 bridgehead atoms. The number of aromatic nitrogens is 2. The van der Waals surface area contributed by atoms with E-state index >= 15 is 0 Å². The Bertz CT molecular complexity index is 896. The molecule has 1 atom stereocenters. The second-order valence-electron chi connectivity index (χ2n) is 9.07. The SMILES string of the molecule is O=C(OCC(=O)N(C1CCCCC1)C1CCS(=O)(=O)C1)C1CCN(c2ncccn2)CC1. The summed E-state index contributed by atoms with van der Waals surface area (Å²) in [5, 5.41) is 0. The van der Waals surface area contributed by atoms with Crippen LogP contribution in [0.25, 0.3) is 0 Å². The van der Waals surface area contributed by atoms with Crippen molar-refractivity contribution in [1.82, 2.24) is 14.9 Å². The van der Waals surface area contributed by atoms with Crippen molar-refractivity contribution < 1.29 is 22.7 Å². The van der Waals surface area contributed by atoms with Crippen LogP contribution in [0.15, 0.2) is 18.5 Å². The van der Waals surface area contributed by atoms with Crippen LogP contribution in [0.5, 0.6) is 0 Å². The van der Waals surface area contributed by atoms with Crippen molar-refractivity contribution in [1.29, 1.82) is 0 Å². The van der Waals surface area contributed by atoms with Gasteiger partial charge >= 0.3 is 5.97 Å². The van der Waals surface area contributed by atoms with Crippen LogP contribution in [0.2, 0.25) is 0 Å². The molecule has 1 amide bonds. The third-order valence-corrected chi connectivity index (χ3v) is 8.61. The van der Waals surface area contributed by atoms with Crippen molar-refractivity contribution in [2.45, 2.75) is 63.5 Å². The van der Waals surface area contributed by atoms with Gasteiger partial charge in [0.05, 0.1) is 17.4 Å². The van der Waals surface area contributed by atoms with E-state index in [1.807, 2.05) is 4.90 Å². The maximum atomic E-state index is 13.1. The Morgan fingerprint density at radius 1 is 1.00 bits per heavy atom. The van der Waals surface area contributed by atoms with Gasteiger partial charge in [0.1, 0.15) is 0 Å². The molecular weight excluding hydrogens is 432 g/mol. The highest BCUT2D eigenvalue weighted by molar-refractivity contribution is 7.91. The molecule has 3 fully saturated rings. The van der Waals surface area contributed by atoms with Crippen molar-refractivity contribution in [3.05, 3.63) is 18.5 Å². The molecule has 0 N–H and O–H groups in total. The number of amides is 1. The summed E-state index contributed by atoms with van der Waals surface area (Å²) in [7, 11) is -3.11. The third kappa shape index (κ3) is 5.57. The van der Waals surface area contributed by atoms with Crippen LogP contribution >= 0.6 is 0 Å². The molecule has 32 heavy (non-hydrogen) atoms. The summed E-state index contributed by atoms with van der Waals surface area (Å²) < 4.78 is 29.5. The van der Waals surface area contributed by atoms with E-state index in [1.54, 1.807) is 23.4 Å². The highest BCUT2D eigenvalue weighted by Gasteiger charge is 2.39. The van der Waals surface area contributed by atoms with E-state index in [4.69, 9.17) is 4.74 Å². The standard InChI is InChI=1S/C22H32N4O5S/c27-20(26(18-5-2-1-3-6-18)19-9-14-32(29,30)16-19)15-31-21(28)17-7-12-25(13-8-17)22-23-10-4-11-24-22/h4,10-11,17-19H,1-3,5-9,12-16H2.